The van der Waals surface area contributed by atoms with Crippen molar-refractivity contribution in [2.24, 2.45) is 5.92 Å². The second-order valence-electron chi connectivity index (χ2n) is 5.23. The average Bonchev–Trinajstić information content (AvgIpc) is 2.38. The zero-order chi connectivity index (χ0) is 14.3. The Morgan fingerprint density at radius 2 is 2.00 bits per heavy atom. The van der Waals surface area contributed by atoms with Crippen LogP contribution in [0.4, 0.5) is 0 Å². The summed E-state index contributed by atoms with van der Waals surface area (Å²) in [5.74, 6) is -0.481. The fourth-order valence-corrected chi connectivity index (χ4v) is 2.49. The first-order valence-electron chi connectivity index (χ1n) is 7.15. The van der Waals surface area contributed by atoms with Gasteiger partial charge < -0.3 is 14.7 Å². The van der Waals surface area contributed by atoms with Gasteiger partial charge in [0.05, 0.1) is 12.5 Å². The van der Waals surface area contributed by atoms with Gasteiger partial charge in [0.2, 0.25) is 5.91 Å². The lowest BCUT2D eigenvalue weighted by molar-refractivity contribution is -0.142. The van der Waals surface area contributed by atoms with Crippen LogP contribution in [-0.2, 0) is 14.3 Å². The third-order valence-electron chi connectivity index (χ3n) is 3.78. The van der Waals surface area contributed by atoms with Crippen molar-refractivity contribution in [1.29, 1.82) is 0 Å². The maximum absolute atomic E-state index is 11.9. The van der Waals surface area contributed by atoms with Crippen molar-refractivity contribution in [2.45, 2.75) is 52.1 Å². The normalized spacial score (nSPS) is 23.1. The first-order valence-corrected chi connectivity index (χ1v) is 7.15. The summed E-state index contributed by atoms with van der Waals surface area (Å²) in [7, 11) is 0. The molecule has 0 radical (unpaired) electrons. The number of ether oxygens (including phenoxy) is 1. The van der Waals surface area contributed by atoms with Crippen molar-refractivity contribution in [3.05, 3.63) is 0 Å². The fraction of sp³-hybridized carbons (Fsp3) is 0.857. The van der Waals surface area contributed by atoms with Gasteiger partial charge in [0.15, 0.2) is 0 Å². The van der Waals surface area contributed by atoms with Crippen LogP contribution in [0.25, 0.3) is 0 Å². The van der Waals surface area contributed by atoms with E-state index in [1.807, 2.05) is 6.92 Å². The molecule has 1 aliphatic carbocycles. The molecule has 0 spiro atoms. The summed E-state index contributed by atoms with van der Waals surface area (Å²) in [5, 5.41) is 8.64. The molecule has 2 atom stereocenters. The predicted molar refractivity (Wildman–Crippen MR) is 71.9 cm³/mol. The van der Waals surface area contributed by atoms with Crippen LogP contribution < -0.4 is 0 Å². The Labute approximate surface area is 114 Å². The summed E-state index contributed by atoms with van der Waals surface area (Å²) in [5.41, 5.74) is 0. The van der Waals surface area contributed by atoms with E-state index in [9.17, 15) is 9.59 Å². The molecule has 1 rings (SSSR count). The number of carboxylic acid groups (broad SMARTS) is 1. The van der Waals surface area contributed by atoms with Crippen LogP contribution in [0.15, 0.2) is 0 Å². The van der Waals surface area contributed by atoms with Gasteiger partial charge in [-0.1, -0.05) is 19.8 Å². The molecule has 0 heterocycles. The minimum Gasteiger partial charge on any atom is -0.481 e. The third-order valence-corrected chi connectivity index (χ3v) is 3.78. The summed E-state index contributed by atoms with van der Waals surface area (Å²) in [6.07, 6.45) is 4.76. The summed E-state index contributed by atoms with van der Waals surface area (Å²) in [6.45, 7) is 4.87. The molecular formula is C14H25NO4. The minimum atomic E-state index is -0.881. The monoisotopic (exact) mass is 271 g/mol. The van der Waals surface area contributed by atoms with E-state index in [-0.39, 0.29) is 31.6 Å². The van der Waals surface area contributed by atoms with Gasteiger partial charge in [0.25, 0.3) is 0 Å². The highest BCUT2D eigenvalue weighted by molar-refractivity contribution is 5.78. The Morgan fingerprint density at radius 1 is 1.32 bits per heavy atom. The van der Waals surface area contributed by atoms with E-state index in [0.717, 1.165) is 12.8 Å². The summed E-state index contributed by atoms with van der Waals surface area (Å²) in [4.78, 5) is 24.0. The lowest BCUT2D eigenvalue weighted by atomic mass is 9.88. The van der Waals surface area contributed by atoms with E-state index in [2.05, 4.69) is 6.92 Å². The van der Waals surface area contributed by atoms with Crippen molar-refractivity contribution in [2.75, 3.05) is 19.7 Å². The molecule has 1 amide bonds. The predicted octanol–water partition coefficient (Wildman–Crippen LogP) is 1.90. The fourth-order valence-electron chi connectivity index (χ4n) is 2.49. The molecule has 0 aliphatic heterocycles. The lowest BCUT2D eigenvalue weighted by Crippen LogP contribution is -2.37. The number of rotatable bonds is 7. The Hall–Kier alpha value is -1.10. The molecule has 0 bridgehead atoms. The van der Waals surface area contributed by atoms with Crippen molar-refractivity contribution in [3.63, 3.8) is 0 Å². The number of carbonyl (C=O) groups excluding carboxylic acids is 1. The molecule has 5 heteroatoms. The largest absolute Gasteiger partial charge is 0.481 e. The average molecular weight is 271 g/mol. The van der Waals surface area contributed by atoms with E-state index in [1.165, 1.54) is 12.8 Å². The number of amides is 1. The molecule has 1 fully saturated rings. The molecular weight excluding hydrogens is 246 g/mol. The van der Waals surface area contributed by atoms with Crippen molar-refractivity contribution >= 4 is 11.9 Å². The Bertz CT molecular complexity index is 306. The van der Waals surface area contributed by atoms with E-state index >= 15 is 0 Å². The van der Waals surface area contributed by atoms with Gasteiger partial charge in [0, 0.05) is 13.1 Å². The molecule has 1 saturated carbocycles. The maximum atomic E-state index is 11.9. The zero-order valence-electron chi connectivity index (χ0n) is 11.9. The smallest absolute Gasteiger partial charge is 0.305 e. The molecule has 5 nitrogen and oxygen atoms in total. The second kappa shape index (κ2) is 8.15. The van der Waals surface area contributed by atoms with Gasteiger partial charge in [-0.3, -0.25) is 9.59 Å². The minimum absolute atomic E-state index is 0.0145. The molecule has 2 unspecified atom stereocenters. The summed E-state index contributed by atoms with van der Waals surface area (Å²) < 4.78 is 5.71. The van der Waals surface area contributed by atoms with Crippen molar-refractivity contribution in [1.82, 2.24) is 4.90 Å². The summed E-state index contributed by atoms with van der Waals surface area (Å²) >= 11 is 0. The number of carboxylic acids is 1. The first kappa shape index (κ1) is 16.0. The number of nitrogens with zero attached hydrogens (tertiary/aromatic N) is 1. The summed E-state index contributed by atoms with van der Waals surface area (Å²) in [6, 6.07) is 0. The van der Waals surface area contributed by atoms with Gasteiger partial charge in [-0.25, -0.2) is 0 Å². The number of likely N-dealkylation sites (N-methyl/N-ethyl adjacent to an activating group) is 1. The van der Waals surface area contributed by atoms with Crippen LogP contribution >= 0.6 is 0 Å². The molecule has 0 aromatic rings. The van der Waals surface area contributed by atoms with Gasteiger partial charge >= 0.3 is 5.97 Å². The third kappa shape index (κ3) is 5.59. The van der Waals surface area contributed by atoms with Crippen LogP contribution in [0.5, 0.6) is 0 Å². The Kier molecular flexibility index (Phi) is 6.84. The van der Waals surface area contributed by atoms with Gasteiger partial charge in [-0.2, -0.15) is 0 Å². The van der Waals surface area contributed by atoms with E-state index in [4.69, 9.17) is 9.84 Å². The van der Waals surface area contributed by atoms with Gasteiger partial charge in [-0.05, 0) is 25.7 Å². The van der Waals surface area contributed by atoms with Gasteiger partial charge in [0.1, 0.15) is 6.61 Å². The zero-order valence-corrected chi connectivity index (χ0v) is 11.9. The molecule has 0 aromatic heterocycles. The molecule has 1 aliphatic rings. The van der Waals surface area contributed by atoms with Crippen LogP contribution in [0, 0.1) is 5.92 Å². The highest BCUT2D eigenvalue weighted by atomic mass is 16.5. The standard InChI is InChI=1S/C14H25NO4/c1-3-15(9-8-14(17)18)13(16)10-19-12-7-5-4-6-11(12)2/h11-12H,3-10H2,1-2H3,(H,17,18). The topological polar surface area (TPSA) is 66.8 Å². The van der Waals surface area contributed by atoms with E-state index in [0.29, 0.717) is 12.5 Å². The van der Waals surface area contributed by atoms with Gasteiger partial charge in [-0.15, -0.1) is 0 Å². The maximum Gasteiger partial charge on any atom is 0.305 e. The van der Waals surface area contributed by atoms with Crippen molar-refractivity contribution in [3.8, 4) is 0 Å². The Balaban J connectivity index is 2.33. The van der Waals surface area contributed by atoms with Crippen LogP contribution in [0.3, 0.4) is 0 Å². The van der Waals surface area contributed by atoms with Crippen molar-refractivity contribution < 1.29 is 19.4 Å². The quantitative estimate of drug-likeness (QED) is 0.768. The highest BCUT2D eigenvalue weighted by Gasteiger charge is 2.23. The SMILES string of the molecule is CCN(CCC(=O)O)C(=O)COC1CCCCC1C. The lowest BCUT2D eigenvalue weighted by Gasteiger charge is -2.29. The second-order valence-corrected chi connectivity index (χ2v) is 5.23. The number of hydrogen-bond donors (Lipinski definition) is 1. The molecule has 110 valence electrons. The first-order chi connectivity index (χ1) is 9.04. The number of carbonyl (C=O) groups is 2. The number of hydrogen-bond acceptors (Lipinski definition) is 3. The Morgan fingerprint density at radius 3 is 2.58 bits per heavy atom. The van der Waals surface area contributed by atoms with E-state index < -0.39 is 5.97 Å². The number of aliphatic carboxylic acids is 1. The molecule has 0 saturated heterocycles. The van der Waals surface area contributed by atoms with Crippen LogP contribution in [0.1, 0.15) is 46.0 Å². The van der Waals surface area contributed by atoms with Crippen LogP contribution in [-0.4, -0.2) is 47.7 Å². The van der Waals surface area contributed by atoms with E-state index in [1.54, 1.807) is 4.90 Å². The molecule has 19 heavy (non-hydrogen) atoms. The molecule has 1 N–H and O–H groups in total. The highest BCUT2D eigenvalue weighted by Crippen LogP contribution is 2.26. The molecule has 0 aromatic carbocycles. The van der Waals surface area contributed by atoms with Crippen LogP contribution in [0.2, 0.25) is 0 Å².